The van der Waals surface area contributed by atoms with Crippen LogP contribution >= 0.6 is 11.5 Å². The van der Waals surface area contributed by atoms with Gasteiger partial charge in [-0.2, -0.15) is 14.6 Å². The molecule has 0 bridgehead atoms. The van der Waals surface area contributed by atoms with Crippen LogP contribution in [0.2, 0.25) is 0 Å². The summed E-state index contributed by atoms with van der Waals surface area (Å²) in [6.45, 7) is 12.2. The Morgan fingerprint density at radius 2 is 1.97 bits per heavy atom. The van der Waals surface area contributed by atoms with Crippen LogP contribution in [0.25, 0.3) is 0 Å². The van der Waals surface area contributed by atoms with Gasteiger partial charge in [-0.1, -0.05) is 0 Å². The molecule has 4 heterocycles. The second-order valence-corrected chi connectivity index (χ2v) is 9.65. The van der Waals surface area contributed by atoms with Gasteiger partial charge in [-0.3, -0.25) is 9.80 Å². The van der Waals surface area contributed by atoms with E-state index in [1.54, 1.807) is 0 Å². The van der Waals surface area contributed by atoms with E-state index in [0.29, 0.717) is 24.5 Å². The van der Waals surface area contributed by atoms with Crippen LogP contribution < -0.4 is 10.2 Å². The van der Waals surface area contributed by atoms with Crippen LogP contribution in [0.15, 0.2) is 12.3 Å². The lowest BCUT2D eigenvalue weighted by molar-refractivity contribution is -0.0247. The van der Waals surface area contributed by atoms with Crippen molar-refractivity contribution in [3.05, 3.63) is 23.5 Å². The van der Waals surface area contributed by atoms with E-state index in [-0.39, 0.29) is 5.54 Å². The number of aromatic nitrogens is 3. The van der Waals surface area contributed by atoms with Crippen molar-refractivity contribution in [1.82, 2.24) is 24.1 Å². The summed E-state index contributed by atoms with van der Waals surface area (Å²) in [5, 5.41) is 13.8. The van der Waals surface area contributed by atoms with E-state index >= 15 is 0 Å². The summed E-state index contributed by atoms with van der Waals surface area (Å²) >= 11 is 1.41. The zero-order valence-corrected chi connectivity index (χ0v) is 19.2. The van der Waals surface area contributed by atoms with Crippen LogP contribution in [0.3, 0.4) is 0 Å². The molecule has 160 valence electrons. The maximum absolute atomic E-state index is 9.56. The van der Waals surface area contributed by atoms with E-state index in [0.717, 1.165) is 48.3 Å². The standard InChI is InChI=1S/C21H30N8S/c1-14-9-23-20(24-18-8-15(2)26-30-18)25-19(14)28-12-21(13-28,6-7-22)29-10-16(3)27(5)17(4)11-29/h8-9,16-17H,6,10-13H2,1-5H3,(H,23,24,25)/t16-,17-/m0/s1. The number of nitriles is 1. The summed E-state index contributed by atoms with van der Waals surface area (Å²) in [7, 11) is 2.19. The van der Waals surface area contributed by atoms with Crippen molar-refractivity contribution in [1.29, 1.82) is 5.26 Å². The zero-order valence-electron chi connectivity index (χ0n) is 18.4. The molecule has 2 aliphatic heterocycles. The predicted octanol–water partition coefficient (Wildman–Crippen LogP) is 2.79. The van der Waals surface area contributed by atoms with Crippen molar-refractivity contribution in [2.45, 2.75) is 51.7 Å². The Balaban J connectivity index is 1.51. The van der Waals surface area contributed by atoms with Gasteiger partial charge in [0, 0.05) is 50.0 Å². The van der Waals surface area contributed by atoms with E-state index in [4.69, 9.17) is 4.98 Å². The molecule has 2 aliphatic rings. The predicted molar refractivity (Wildman–Crippen MR) is 120 cm³/mol. The number of rotatable bonds is 5. The average molecular weight is 427 g/mol. The van der Waals surface area contributed by atoms with Crippen LogP contribution in [0.4, 0.5) is 16.8 Å². The van der Waals surface area contributed by atoms with Gasteiger partial charge in [-0.05, 0) is 52.3 Å². The fourth-order valence-corrected chi connectivity index (χ4v) is 5.18. The third kappa shape index (κ3) is 3.87. The molecule has 30 heavy (non-hydrogen) atoms. The molecule has 0 aromatic carbocycles. The van der Waals surface area contributed by atoms with Crippen molar-refractivity contribution in [2.75, 3.05) is 43.4 Å². The third-order valence-electron chi connectivity index (χ3n) is 6.52. The molecule has 0 unspecified atom stereocenters. The number of anilines is 3. The molecule has 0 aliphatic carbocycles. The number of nitrogens with one attached hydrogen (secondary N) is 1. The van der Waals surface area contributed by atoms with Gasteiger partial charge in [0.2, 0.25) is 5.95 Å². The zero-order chi connectivity index (χ0) is 21.5. The molecule has 2 atom stereocenters. The summed E-state index contributed by atoms with van der Waals surface area (Å²) in [6, 6.07) is 5.41. The number of hydrogen-bond acceptors (Lipinski definition) is 9. The minimum Gasteiger partial charge on any atom is -0.352 e. The lowest BCUT2D eigenvalue weighted by Gasteiger charge is -2.59. The van der Waals surface area contributed by atoms with E-state index in [1.807, 2.05) is 26.1 Å². The van der Waals surface area contributed by atoms with E-state index in [9.17, 15) is 5.26 Å². The van der Waals surface area contributed by atoms with E-state index < -0.39 is 0 Å². The lowest BCUT2D eigenvalue weighted by atomic mass is 9.82. The fraction of sp³-hybridized carbons (Fsp3) is 0.619. The SMILES string of the molecule is Cc1cc(Nc2ncc(C)c(N3CC(CC#N)(N4C[C@H](C)N(C)[C@@H](C)C4)C3)n2)sn1. The Kier molecular flexibility index (Phi) is 5.66. The molecule has 9 heteroatoms. The van der Waals surface area contributed by atoms with Crippen molar-refractivity contribution in [3.8, 4) is 6.07 Å². The van der Waals surface area contributed by atoms with Gasteiger partial charge in [-0.25, -0.2) is 4.98 Å². The Morgan fingerprint density at radius 3 is 2.57 bits per heavy atom. The smallest absolute Gasteiger partial charge is 0.229 e. The van der Waals surface area contributed by atoms with Crippen molar-refractivity contribution in [3.63, 3.8) is 0 Å². The Labute approximate surface area is 182 Å². The normalized spacial score (nSPS) is 24.3. The Bertz CT molecular complexity index is 933. The number of likely N-dealkylation sites (N-methyl/N-ethyl adjacent to an activating group) is 1. The third-order valence-corrected chi connectivity index (χ3v) is 7.31. The molecule has 4 rings (SSSR count). The monoisotopic (exact) mass is 426 g/mol. The van der Waals surface area contributed by atoms with E-state index in [1.165, 1.54) is 11.5 Å². The summed E-state index contributed by atoms with van der Waals surface area (Å²) < 4.78 is 4.30. The highest BCUT2D eigenvalue weighted by Crippen LogP contribution is 2.37. The fourth-order valence-electron chi connectivity index (χ4n) is 4.52. The number of aryl methyl sites for hydroxylation is 2. The van der Waals surface area contributed by atoms with E-state index in [2.05, 4.69) is 56.3 Å². The summed E-state index contributed by atoms with van der Waals surface area (Å²) in [6.07, 6.45) is 2.41. The quantitative estimate of drug-likeness (QED) is 0.781. The number of piperazine rings is 1. The van der Waals surface area contributed by atoms with Crippen LogP contribution in [0.5, 0.6) is 0 Å². The van der Waals surface area contributed by atoms with Crippen LogP contribution in [0, 0.1) is 25.2 Å². The number of nitrogens with zero attached hydrogens (tertiary/aromatic N) is 7. The topological polar surface area (TPSA) is 84.2 Å². The number of hydrogen-bond donors (Lipinski definition) is 1. The highest BCUT2D eigenvalue weighted by atomic mass is 32.1. The second kappa shape index (κ2) is 8.10. The molecule has 0 amide bonds. The molecule has 2 aromatic rings. The van der Waals surface area contributed by atoms with Gasteiger partial charge in [0.15, 0.2) is 0 Å². The van der Waals surface area contributed by atoms with Crippen LogP contribution in [-0.4, -0.2) is 75.0 Å². The largest absolute Gasteiger partial charge is 0.352 e. The van der Waals surface area contributed by atoms with Crippen LogP contribution in [-0.2, 0) is 0 Å². The maximum atomic E-state index is 9.56. The Hall–Kier alpha value is -2.28. The lowest BCUT2D eigenvalue weighted by Crippen LogP contribution is -2.74. The highest BCUT2D eigenvalue weighted by molar-refractivity contribution is 7.10. The highest BCUT2D eigenvalue weighted by Gasteiger charge is 2.50. The molecule has 8 nitrogen and oxygen atoms in total. The van der Waals surface area contributed by atoms with Gasteiger partial charge in [0.25, 0.3) is 0 Å². The molecule has 0 radical (unpaired) electrons. The first-order valence-corrected chi connectivity index (χ1v) is 11.2. The summed E-state index contributed by atoms with van der Waals surface area (Å²) in [5.74, 6) is 1.52. The molecular weight excluding hydrogens is 396 g/mol. The first kappa shape index (κ1) is 21.0. The second-order valence-electron chi connectivity index (χ2n) is 8.84. The average Bonchev–Trinajstić information content (AvgIpc) is 3.08. The van der Waals surface area contributed by atoms with Gasteiger partial charge in [0.1, 0.15) is 10.8 Å². The van der Waals surface area contributed by atoms with Gasteiger partial charge < -0.3 is 10.2 Å². The molecule has 0 spiro atoms. The minimum atomic E-state index is -0.0989. The summed E-state index contributed by atoms with van der Waals surface area (Å²) in [4.78, 5) is 16.5. The molecule has 0 saturated carbocycles. The Morgan fingerprint density at radius 1 is 1.27 bits per heavy atom. The van der Waals surface area contributed by atoms with Crippen molar-refractivity contribution < 1.29 is 0 Å². The molecule has 2 fully saturated rings. The van der Waals surface area contributed by atoms with Gasteiger partial charge in [-0.15, -0.1) is 0 Å². The van der Waals surface area contributed by atoms with Crippen molar-refractivity contribution in [2.24, 2.45) is 0 Å². The molecule has 2 saturated heterocycles. The summed E-state index contributed by atoms with van der Waals surface area (Å²) in [5.41, 5.74) is 1.93. The maximum Gasteiger partial charge on any atom is 0.229 e. The van der Waals surface area contributed by atoms with Crippen molar-refractivity contribution >= 4 is 28.3 Å². The molecule has 1 N–H and O–H groups in total. The van der Waals surface area contributed by atoms with Gasteiger partial charge in [0.05, 0.1) is 23.7 Å². The van der Waals surface area contributed by atoms with Gasteiger partial charge >= 0.3 is 0 Å². The molecular formula is C21H30N8S. The van der Waals surface area contributed by atoms with Crippen LogP contribution in [0.1, 0.15) is 31.5 Å². The minimum absolute atomic E-state index is 0.0989. The first-order chi connectivity index (χ1) is 14.3. The first-order valence-electron chi connectivity index (χ1n) is 10.4. The molecule has 2 aromatic heterocycles.